The maximum atomic E-state index is 11.8. The van der Waals surface area contributed by atoms with Gasteiger partial charge in [-0.3, -0.25) is 4.99 Å². The minimum atomic E-state index is -0.586. The maximum Gasteiger partial charge on any atom is 0.336 e. The maximum absolute atomic E-state index is 11.8. The molecule has 1 aliphatic rings. The highest BCUT2D eigenvalue weighted by Crippen LogP contribution is 2.22. The summed E-state index contributed by atoms with van der Waals surface area (Å²) in [6, 6.07) is 10.6. The van der Waals surface area contributed by atoms with Crippen molar-refractivity contribution in [1.29, 1.82) is 0 Å². The van der Waals surface area contributed by atoms with Crippen molar-refractivity contribution in [3.63, 3.8) is 0 Å². The Balaban J connectivity index is 0. The molecule has 0 saturated carbocycles. The molecule has 2 aromatic rings. The van der Waals surface area contributed by atoms with Crippen molar-refractivity contribution < 1.29 is 0 Å². The van der Waals surface area contributed by atoms with Gasteiger partial charge in [-0.2, -0.15) is 0 Å². The van der Waals surface area contributed by atoms with Crippen LogP contribution in [-0.4, -0.2) is 44.6 Å². The molecular weight excluding hydrogens is 622 g/mol. The lowest BCUT2D eigenvalue weighted by atomic mass is 9.87. The van der Waals surface area contributed by atoms with E-state index < -0.39 is 17.1 Å². The Labute approximate surface area is 307 Å². The molecular formula is C42H79N5O3. The second-order valence-electron chi connectivity index (χ2n) is 20.1. The zero-order valence-corrected chi connectivity index (χ0v) is 36.1. The van der Waals surface area contributed by atoms with E-state index in [1.807, 2.05) is 6.34 Å². The molecule has 8 heteroatoms. The first-order chi connectivity index (χ1) is 22.3. The van der Waals surface area contributed by atoms with Crippen LogP contribution in [0.2, 0.25) is 0 Å². The third-order valence-electron chi connectivity index (χ3n) is 6.69. The Kier molecular flexibility index (Phi) is 21.1. The fraction of sp³-hybridized carbons (Fsp3) is 0.762. The van der Waals surface area contributed by atoms with Gasteiger partial charge in [0.2, 0.25) is 0 Å². The minimum absolute atomic E-state index is 0.162. The minimum Gasteiger partial charge on any atom is -0.361 e. The molecule has 1 aromatic heterocycles. The highest BCUT2D eigenvalue weighted by Gasteiger charge is 2.14. The third kappa shape index (κ3) is 27.9. The molecule has 2 heterocycles. The van der Waals surface area contributed by atoms with E-state index in [9.17, 15) is 14.4 Å². The zero-order chi connectivity index (χ0) is 39.7. The summed E-state index contributed by atoms with van der Waals surface area (Å²) in [5.74, 6) is 0. The lowest BCUT2D eigenvalue weighted by molar-refractivity contribution is 0.336. The smallest absolute Gasteiger partial charge is 0.336 e. The summed E-state index contributed by atoms with van der Waals surface area (Å²) in [5.41, 5.74) is 1.66. The van der Waals surface area contributed by atoms with Crippen LogP contribution in [0.1, 0.15) is 149 Å². The van der Waals surface area contributed by atoms with Gasteiger partial charge < -0.3 is 4.90 Å². The van der Waals surface area contributed by atoms with Gasteiger partial charge in [-0.15, -0.1) is 0 Å². The van der Waals surface area contributed by atoms with Gasteiger partial charge in [0.05, 0.1) is 12.9 Å². The number of hydrogen-bond acceptors (Lipinski definition) is 5. The molecule has 0 fully saturated rings. The summed E-state index contributed by atoms with van der Waals surface area (Å²) in [4.78, 5) is 41.7. The Bertz CT molecular complexity index is 1350. The second kappa shape index (κ2) is 21.5. The summed E-state index contributed by atoms with van der Waals surface area (Å²) in [6.07, 6.45) is 6.22. The van der Waals surface area contributed by atoms with Crippen LogP contribution in [0.5, 0.6) is 0 Å². The molecule has 0 aliphatic carbocycles. The number of nitrogens with zero attached hydrogens (tertiary/aromatic N) is 5. The van der Waals surface area contributed by atoms with Gasteiger partial charge in [-0.25, -0.2) is 28.1 Å². The molecule has 3 rings (SSSR count). The quantitative estimate of drug-likeness (QED) is 0.301. The van der Waals surface area contributed by atoms with Gasteiger partial charge in [0.1, 0.15) is 0 Å². The van der Waals surface area contributed by atoms with Crippen molar-refractivity contribution in [2.24, 2.45) is 40.7 Å². The van der Waals surface area contributed by atoms with Crippen LogP contribution in [0.4, 0.5) is 0 Å². The van der Waals surface area contributed by atoms with Crippen LogP contribution in [0.25, 0.3) is 0 Å². The van der Waals surface area contributed by atoms with Crippen molar-refractivity contribution in [3.05, 3.63) is 67.3 Å². The molecule has 8 nitrogen and oxygen atoms in total. The summed E-state index contributed by atoms with van der Waals surface area (Å²) in [6.45, 7) is 41.0. The number of aromatic nitrogens is 3. The lowest BCUT2D eigenvalue weighted by Crippen LogP contribution is -2.52. The lowest BCUT2D eigenvalue weighted by Gasteiger charge is -2.20. The van der Waals surface area contributed by atoms with E-state index in [0.717, 1.165) is 39.6 Å². The predicted molar refractivity (Wildman–Crippen MR) is 219 cm³/mol. The van der Waals surface area contributed by atoms with Gasteiger partial charge in [-0.05, 0) is 58.3 Å². The van der Waals surface area contributed by atoms with E-state index >= 15 is 0 Å². The molecule has 0 amide bonds. The van der Waals surface area contributed by atoms with E-state index in [1.54, 1.807) is 0 Å². The largest absolute Gasteiger partial charge is 0.361 e. The Hall–Kier alpha value is -2.90. The number of hydrogen-bond donors (Lipinski definition) is 0. The molecule has 0 bridgehead atoms. The van der Waals surface area contributed by atoms with E-state index in [2.05, 4.69) is 158 Å². The first-order valence-corrected chi connectivity index (χ1v) is 18.5. The van der Waals surface area contributed by atoms with Gasteiger partial charge in [0.15, 0.2) is 0 Å². The molecule has 0 radical (unpaired) electrons. The van der Waals surface area contributed by atoms with Crippen molar-refractivity contribution in [2.75, 3.05) is 19.6 Å². The standard InChI is InChI=1S/C12H21N3O3.C10H20N2.C10H14.2C5H12/c1-12(2,3)7-6-8-15-10(17)13(4)9(16)14(5)11(15)18;1-10(2,3)5-4-7-12-8-6-11-9-12;1-10(2,3)9-7-5-4-6-8-9;2*1-5(2,3)4/h6-8H2,1-5H3;9H,4-8H2,1-3H3;4-8H,1-3H3;2*1-4H3. The molecule has 1 aliphatic heterocycles. The molecule has 0 spiro atoms. The molecule has 0 unspecified atom stereocenters. The van der Waals surface area contributed by atoms with Crippen molar-refractivity contribution in [1.82, 2.24) is 18.6 Å². The third-order valence-corrected chi connectivity index (χ3v) is 6.69. The molecule has 1 aromatic carbocycles. The fourth-order valence-corrected chi connectivity index (χ4v) is 4.13. The Morgan fingerprint density at radius 1 is 0.580 bits per heavy atom. The van der Waals surface area contributed by atoms with Crippen LogP contribution < -0.4 is 17.1 Å². The topological polar surface area (TPSA) is 81.6 Å². The highest BCUT2D eigenvalue weighted by molar-refractivity contribution is 5.56. The number of aliphatic imine (C=N–C) groups is 1. The van der Waals surface area contributed by atoms with Crippen LogP contribution in [-0.2, 0) is 26.1 Å². The Morgan fingerprint density at radius 2 is 0.960 bits per heavy atom. The van der Waals surface area contributed by atoms with Gasteiger partial charge >= 0.3 is 17.1 Å². The van der Waals surface area contributed by atoms with Crippen molar-refractivity contribution in [2.45, 2.75) is 155 Å². The van der Waals surface area contributed by atoms with E-state index in [1.165, 1.54) is 39.0 Å². The van der Waals surface area contributed by atoms with Gasteiger partial charge in [0.25, 0.3) is 0 Å². The number of benzene rings is 1. The summed E-state index contributed by atoms with van der Waals surface area (Å²) < 4.78 is 3.03. The molecule has 0 atom stereocenters. The van der Waals surface area contributed by atoms with Crippen molar-refractivity contribution in [3.8, 4) is 0 Å². The Morgan fingerprint density at radius 3 is 1.26 bits per heavy atom. The van der Waals surface area contributed by atoms with Crippen LogP contribution in [0.15, 0.2) is 49.7 Å². The average molecular weight is 702 g/mol. The van der Waals surface area contributed by atoms with E-state index in [4.69, 9.17) is 0 Å². The summed E-state index contributed by atoms with van der Waals surface area (Å²) >= 11 is 0. The average Bonchev–Trinajstić information content (AvgIpc) is 3.44. The summed E-state index contributed by atoms with van der Waals surface area (Å²) in [7, 11) is 2.76. The molecule has 50 heavy (non-hydrogen) atoms. The molecule has 0 saturated heterocycles. The van der Waals surface area contributed by atoms with E-state index in [-0.39, 0.29) is 5.41 Å². The SMILES string of the molecule is CC(C)(C)C.CC(C)(C)C.CC(C)(C)CCCN1C=NCC1.CC(C)(C)c1ccccc1.Cn1c(=O)n(C)c(=O)n(CCCC(C)(C)C)c1=O. The normalized spacial score (nSPS) is 13.1. The monoisotopic (exact) mass is 702 g/mol. The van der Waals surface area contributed by atoms with Crippen LogP contribution in [0.3, 0.4) is 0 Å². The van der Waals surface area contributed by atoms with Gasteiger partial charge in [-0.1, -0.05) is 148 Å². The highest BCUT2D eigenvalue weighted by atomic mass is 16.2. The second-order valence-corrected chi connectivity index (χ2v) is 20.1. The first-order valence-electron chi connectivity index (χ1n) is 18.5. The molecule has 290 valence electrons. The van der Waals surface area contributed by atoms with Gasteiger partial charge in [0, 0.05) is 33.7 Å². The van der Waals surface area contributed by atoms with Crippen LogP contribution >= 0.6 is 0 Å². The zero-order valence-electron chi connectivity index (χ0n) is 36.1. The van der Waals surface area contributed by atoms with Crippen LogP contribution in [0, 0.1) is 21.7 Å². The summed E-state index contributed by atoms with van der Waals surface area (Å²) in [5, 5.41) is 0. The van der Waals surface area contributed by atoms with E-state index in [0.29, 0.717) is 28.2 Å². The predicted octanol–water partition coefficient (Wildman–Crippen LogP) is 9.32. The number of rotatable bonds is 6. The first kappa shape index (κ1) is 49.2. The fourth-order valence-electron chi connectivity index (χ4n) is 4.13. The van der Waals surface area contributed by atoms with Crippen molar-refractivity contribution >= 4 is 6.34 Å². The molecule has 0 N–H and O–H groups in total.